The average Bonchev–Trinajstić information content (AvgIpc) is 2.99. The number of aromatic hydroxyl groups is 1. The van der Waals surface area contributed by atoms with Gasteiger partial charge in [0, 0.05) is 11.6 Å². The summed E-state index contributed by atoms with van der Waals surface area (Å²) < 4.78 is 5.13. The molecule has 0 aliphatic carbocycles. The number of carbonyl (C=O) groups excluding carboxylic acids is 1. The summed E-state index contributed by atoms with van der Waals surface area (Å²) in [5.41, 5.74) is 0.612. The van der Waals surface area contributed by atoms with E-state index in [-0.39, 0.29) is 23.8 Å². The van der Waals surface area contributed by atoms with E-state index in [2.05, 4.69) is 10.3 Å². The van der Waals surface area contributed by atoms with Crippen molar-refractivity contribution in [2.45, 2.75) is 6.54 Å². The molecule has 0 aliphatic heterocycles. The lowest BCUT2D eigenvalue weighted by Gasteiger charge is -2.07. The second-order valence-corrected chi connectivity index (χ2v) is 4.30. The largest absolute Gasteiger partial charge is 0.505 e. The van der Waals surface area contributed by atoms with Crippen LogP contribution in [0.2, 0.25) is 0 Å². The van der Waals surface area contributed by atoms with Crippen molar-refractivity contribution in [1.29, 1.82) is 0 Å². The molecule has 100 valence electrons. The topological polar surface area (TPSA) is 75.4 Å². The van der Waals surface area contributed by atoms with Crippen molar-refractivity contribution in [1.82, 2.24) is 10.3 Å². The Balaban J connectivity index is 1.86. The highest BCUT2D eigenvalue weighted by Crippen LogP contribution is 2.26. The first-order valence-electron chi connectivity index (χ1n) is 6.13. The van der Waals surface area contributed by atoms with Crippen LogP contribution in [0.25, 0.3) is 10.9 Å². The van der Waals surface area contributed by atoms with Crippen molar-refractivity contribution < 1.29 is 14.3 Å². The van der Waals surface area contributed by atoms with Gasteiger partial charge in [-0.15, -0.1) is 0 Å². The normalized spacial score (nSPS) is 10.6. The Labute approximate surface area is 114 Å². The van der Waals surface area contributed by atoms with Crippen molar-refractivity contribution in [3.05, 3.63) is 60.2 Å². The molecule has 2 heterocycles. The first-order valence-corrected chi connectivity index (χ1v) is 6.13. The second kappa shape index (κ2) is 5.05. The number of fused-ring (bicyclic) bond motifs is 1. The predicted octanol–water partition coefficient (Wildman–Crippen LogP) is 2.46. The lowest BCUT2D eigenvalue weighted by atomic mass is 10.1. The molecule has 0 spiro atoms. The number of nitrogens with one attached hydrogen (secondary N) is 1. The van der Waals surface area contributed by atoms with Crippen LogP contribution in [0.1, 0.15) is 16.1 Å². The third kappa shape index (κ3) is 2.21. The zero-order chi connectivity index (χ0) is 13.9. The van der Waals surface area contributed by atoms with Gasteiger partial charge in [0.1, 0.15) is 11.3 Å². The van der Waals surface area contributed by atoms with Crippen molar-refractivity contribution in [3.63, 3.8) is 0 Å². The molecule has 0 radical (unpaired) electrons. The van der Waals surface area contributed by atoms with Crippen LogP contribution in [0.3, 0.4) is 0 Å². The van der Waals surface area contributed by atoms with Gasteiger partial charge in [0.2, 0.25) is 0 Å². The molecule has 1 aromatic carbocycles. The Morgan fingerprint density at radius 1 is 1.25 bits per heavy atom. The SMILES string of the molecule is O=C(NCc1ccco1)c1ccc2cccnc2c1O. The smallest absolute Gasteiger partial charge is 0.255 e. The molecule has 0 saturated heterocycles. The van der Waals surface area contributed by atoms with Crippen LogP contribution >= 0.6 is 0 Å². The molecule has 2 N–H and O–H groups in total. The van der Waals surface area contributed by atoms with Crippen LogP contribution in [0.5, 0.6) is 5.75 Å². The van der Waals surface area contributed by atoms with E-state index in [1.807, 2.05) is 6.07 Å². The van der Waals surface area contributed by atoms with E-state index in [1.165, 1.54) is 0 Å². The Morgan fingerprint density at radius 2 is 2.15 bits per heavy atom. The quantitative estimate of drug-likeness (QED) is 0.765. The maximum atomic E-state index is 12.1. The van der Waals surface area contributed by atoms with Gasteiger partial charge in [-0.25, -0.2) is 0 Å². The van der Waals surface area contributed by atoms with Gasteiger partial charge >= 0.3 is 0 Å². The van der Waals surface area contributed by atoms with Crippen molar-refractivity contribution in [2.75, 3.05) is 0 Å². The Bertz CT molecular complexity index is 751. The number of furan rings is 1. The summed E-state index contributed by atoms with van der Waals surface area (Å²) >= 11 is 0. The summed E-state index contributed by atoms with van der Waals surface area (Å²) in [6.45, 7) is 0.269. The van der Waals surface area contributed by atoms with Crippen LogP contribution in [0, 0.1) is 0 Å². The molecular formula is C15H12N2O3. The Kier molecular flexibility index (Phi) is 3.09. The zero-order valence-electron chi connectivity index (χ0n) is 10.5. The van der Waals surface area contributed by atoms with Gasteiger partial charge in [-0.1, -0.05) is 12.1 Å². The maximum Gasteiger partial charge on any atom is 0.255 e. The van der Waals surface area contributed by atoms with Crippen LogP contribution in [-0.4, -0.2) is 16.0 Å². The first kappa shape index (κ1) is 12.2. The van der Waals surface area contributed by atoms with E-state index in [0.29, 0.717) is 11.3 Å². The molecule has 0 bridgehead atoms. The van der Waals surface area contributed by atoms with Crippen LogP contribution < -0.4 is 5.32 Å². The molecule has 0 aliphatic rings. The minimum absolute atomic E-state index is 0.111. The van der Waals surface area contributed by atoms with Crippen molar-refractivity contribution >= 4 is 16.8 Å². The highest BCUT2D eigenvalue weighted by molar-refractivity contribution is 6.02. The van der Waals surface area contributed by atoms with Crippen LogP contribution in [0.4, 0.5) is 0 Å². The molecule has 2 aromatic heterocycles. The second-order valence-electron chi connectivity index (χ2n) is 4.30. The summed E-state index contributed by atoms with van der Waals surface area (Å²) in [6, 6.07) is 10.5. The lowest BCUT2D eigenvalue weighted by molar-refractivity contribution is 0.0945. The summed E-state index contributed by atoms with van der Waals surface area (Å²) in [6.07, 6.45) is 3.12. The van der Waals surface area contributed by atoms with Gasteiger partial charge < -0.3 is 14.8 Å². The minimum atomic E-state index is -0.369. The van der Waals surface area contributed by atoms with E-state index in [0.717, 1.165) is 5.39 Å². The van der Waals surface area contributed by atoms with Crippen molar-refractivity contribution in [2.24, 2.45) is 0 Å². The molecule has 0 saturated carbocycles. The van der Waals surface area contributed by atoms with E-state index in [9.17, 15) is 9.90 Å². The molecule has 0 unspecified atom stereocenters. The van der Waals surface area contributed by atoms with Crippen LogP contribution in [0.15, 0.2) is 53.3 Å². The number of hydrogen-bond donors (Lipinski definition) is 2. The number of phenols is 1. The minimum Gasteiger partial charge on any atom is -0.505 e. The fourth-order valence-electron chi connectivity index (χ4n) is 1.99. The van der Waals surface area contributed by atoms with E-state index in [4.69, 9.17) is 4.42 Å². The molecule has 1 amide bonds. The summed E-state index contributed by atoms with van der Waals surface area (Å²) in [5, 5.41) is 13.6. The van der Waals surface area contributed by atoms with Crippen LogP contribution in [-0.2, 0) is 6.54 Å². The molecular weight excluding hydrogens is 256 g/mol. The Morgan fingerprint density at radius 3 is 2.95 bits per heavy atom. The molecule has 5 heteroatoms. The summed E-state index contributed by atoms with van der Waals surface area (Å²) in [7, 11) is 0. The third-order valence-electron chi connectivity index (χ3n) is 3.00. The molecule has 5 nitrogen and oxygen atoms in total. The van der Waals surface area contributed by atoms with Gasteiger partial charge in [-0.3, -0.25) is 9.78 Å². The highest BCUT2D eigenvalue weighted by atomic mass is 16.3. The molecule has 0 atom stereocenters. The Hall–Kier alpha value is -2.82. The van der Waals surface area contributed by atoms with Gasteiger partial charge in [0.05, 0.1) is 18.4 Å². The summed E-state index contributed by atoms with van der Waals surface area (Å²) in [4.78, 5) is 16.1. The monoisotopic (exact) mass is 268 g/mol. The number of aromatic nitrogens is 1. The van der Waals surface area contributed by atoms with E-state index < -0.39 is 0 Å². The fraction of sp³-hybridized carbons (Fsp3) is 0.0667. The number of benzene rings is 1. The number of phenolic OH excluding ortho intramolecular Hbond substituents is 1. The molecule has 3 aromatic rings. The zero-order valence-corrected chi connectivity index (χ0v) is 10.5. The number of nitrogens with zero attached hydrogens (tertiary/aromatic N) is 1. The summed E-state index contributed by atoms with van der Waals surface area (Å²) in [5.74, 6) is 0.170. The number of amides is 1. The third-order valence-corrected chi connectivity index (χ3v) is 3.00. The van der Waals surface area contributed by atoms with Gasteiger partial charge in [0.25, 0.3) is 5.91 Å². The van der Waals surface area contributed by atoms with Gasteiger partial charge in [0.15, 0.2) is 5.75 Å². The first-order chi connectivity index (χ1) is 9.75. The fourth-order valence-corrected chi connectivity index (χ4v) is 1.99. The molecule has 3 rings (SSSR count). The van der Waals surface area contributed by atoms with E-state index in [1.54, 1.807) is 42.8 Å². The standard InChI is InChI=1S/C15H12N2O3/c18-14-12(6-5-10-3-1-7-16-13(10)14)15(19)17-9-11-4-2-8-20-11/h1-8,18H,9H2,(H,17,19). The molecule has 0 fully saturated rings. The van der Waals surface area contributed by atoms with Crippen molar-refractivity contribution in [3.8, 4) is 5.75 Å². The maximum absolute atomic E-state index is 12.1. The lowest BCUT2D eigenvalue weighted by Crippen LogP contribution is -2.22. The highest BCUT2D eigenvalue weighted by Gasteiger charge is 2.14. The number of hydrogen-bond acceptors (Lipinski definition) is 4. The molecule has 20 heavy (non-hydrogen) atoms. The number of rotatable bonds is 3. The average molecular weight is 268 g/mol. The number of pyridine rings is 1. The number of carbonyl (C=O) groups is 1. The van der Waals surface area contributed by atoms with E-state index >= 15 is 0 Å². The predicted molar refractivity (Wildman–Crippen MR) is 73.3 cm³/mol. The van der Waals surface area contributed by atoms with Gasteiger partial charge in [-0.2, -0.15) is 0 Å². The van der Waals surface area contributed by atoms with Gasteiger partial charge in [-0.05, 0) is 24.3 Å².